The van der Waals surface area contributed by atoms with Crippen LogP contribution in [-0.4, -0.2) is 54.5 Å². The lowest BCUT2D eigenvalue weighted by molar-refractivity contribution is -0.141. The number of amides is 2. The Morgan fingerprint density at radius 3 is 2.36 bits per heavy atom. The van der Waals surface area contributed by atoms with Crippen LogP contribution in [-0.2, 0) is 14.8 Å². The summed E-state index contributed by atoms with van der Waals surface area (Å²) >= 11 is 0. The van der Waals surface area contributed by atoms with Gasteiger partial charge in [0.05, 0.1) is 5.92 Å². The Labute approximate surface area is 147 Å². The molecule has 1 heterocycles. The van der Waals surface area contributed by atoms with Crippen molar-refractivity contribution in [3.05, 3.63) is 18.3 Å². The summed E-state index contributed by atoms with van der Waals surface area (Å²) in [6.07, 6.45) is 1.14. The van der Waals surface area contributed by atoms with Crippen molar-refractivity contribution in [3.63, 3.8) is 0 Å². The molecule has 0 aliphatic rings. The summed E-state index contributed by atoms with van der Waals surface area (Å²) in [4.78, 5) is 27.9. The number of carboxylic acid groups (broad SMARTS) is 1. The molecule has 25 heavy (non-hydrogen) atoms. The molecule has 1 unspecified atom stereocenters. The van der Waals surface area contributed by atoms with Gasteiger partial charge in [0.2, 0.25) is 10.0 Å². The standard InChI is InChI=1S/C15H24N4O5S/c1-10(13(20)21)9-19(5)14(22)17-12-7-6-11(8-16-12)25(23,24)18-15(2,3)4/h6-8,10,18H,9H2,1-5H3,(H,20,21)(H,16,17,22). The second-order valence-electron chi connectivity index (χ2n) is 6.78. The first kappa shape index (κ1) is 20.8. The number of aliphatic carboxylic acids is 1. The minimum atomic E-state index is -3.71. The molecule has 9 nitrogen and oxygen atoms in total. The van der Waals surface area contributed by atoms with Gasteiger partial charge in [-0.1, -0.05) is 6.92 Å². The molecule has 10 heteroatoms. The third-order valence-corrected chi connectivity index (χ3v) is 4.78. The van der Waals surface area contributed by atoms with Crippen molar-refractivity contribution in [1.82, 2.24) is 14.6 Å². The molecule has 140 valence electrons. The van der Waals surface area contributed by atoms with E-state index in [4.69, 9.17) is 5.11 Å². The average Bonchev–Trinajstić information content (AvgIpc) is 2.45. The largest absolute Gasteiger partial charge is 0.481 e. The fraction of sp³-hybridized carbons (Fsp3) is 0.533. The van der Waals surface area contributed by atoms with Crippen LogP contribution in [0.5, 0.6) is 0 Å². The normalized spacial score (nSPS) is 13.2. The van der Waals surface area contributed by atoms with E-state index in [1.54, 1.807) is 20.8 Å². The molecular formula is C15H24N4O5S. The maximum absolute atomic E-state index is 12.2. The van der Waals surface area contributed by atoms with Crippen molar-refractivity contribution < 1.29 is 23.1 Å². The Kier molecular flexibility index (Phi) is 6.49. The molecule has 0 spiro atoms. The number of pyridine rings is 1. The topological polar surface area (TPSA) is 129 Å². The molecule has 0 aliphatic heterocycles. The number of aromatic nitrogens is 1. The first-order valence-electron chi connectivity index (χ1n) is 7.57. The third kappa shape index (κ3) is 6.67. The highest BCUT2D eigenvalue weighted by atomic mass is 32.2. The maximum atomic E-state index is 12.2. The van der Waals surface area contributed by atoms with Gasteiger partial charge in [-0.05, 0) is 32.9 Å². The molecule has 2 amide bonds. The Bertz CT molecular complexity index is 725. The molecular weight excluding hydrogens is 348 g/mol. The van der Waals surface area contributed by atoms with E-state index < -0.39 is 33.5 Å². The zero-order valence-corrected chi connectivity index (χ0v) is 15.7. The van der Waals surface area contributed by atoms with Crippen LogP contribution in [0.3, 0.4) is 0 Å². The number of sulfonamides is 1. The van der Waals surface area contributed by atoms with Gasteiger partial charge in [-0.2, -0.15) is 0 Å². The van der Waals surface area contributed by atoms with E-state index in [0.29, 0.717) is 0 Å². The second-order valence-corrected chi connectivity index (χ2v) is 8.47. The average molecular weight is 372 g/mol. The first-order valence-corrected chi connectivity index (χ1v) is 9.05. The number of rotatable bonds is 6. The summed E-state index contributed by atoms with van der Waals surface area (Å²) in [6.45, 7) is 6.69. The first-order chi connectivity index (χ1) is 11.3. The Hall–Kier alpha value is -2.20. The molecule has 1 aromatic rings. The fourth-order valence-electron chi connectivity index (χ4n) is 1.85. The van der Waals surface area contributed by atoms with Gasteiger partial charge in [0.1, 0.15) is 10.7 Å². The van der Waals surface area contributed by atoms with Crippen LogP contribution in [0.1, 0.15) is 27.7 Å². The predicted molar refractivity (Wildman–Crippen MR) is 92.8 cm³/mol. The molecule has 3 N–H and O–H groups in total. The Morgan fingerprint density at radius 2 is 1.92 bits per heavy atom. The van der Waals surface area contributed by atoms with Gasteiger partial charge >= 0.3 is 12.0 Å². The van der Waals surface area contributed by atoms with Gasteiger partial charge in [0, 0.05) is 25.3 Å². The smallest absolute Gasteiger partial charge is 0.322 e. The Morgan fingerprint density at radius 1 is 1.32 bits per heavy atom. The molecule has 1 aromatic heterocycles. The van der Waals surface area contributed by atoms with Gasteiger partial charge < -0.3 is 10.0 Å². The molecule has 0 saturated carbocycles. The minimum absolute atomic E-state index is 0.0201. The molecule has 0 aliphatic carbocycles. The van der Waals surface area contributed by atoms with Gasteiger partial charge in [0.25, 0.3) is 0 Å². The summed E-state index contributed by atoms with van der Waals surface area (Å²) < 4.78 is 26.8. The summed E-state index contributed by atoms with van der Waals surface area (Å²) in [6, 6.07) is 2.16. The minimum Gasteiger partial charge on any atom is -0.481 e. The van der Waals surface area contributed by atoms with Crippen molar-refractivity contribution in [2.45, 2.75) is 38.1 Å². The lowest BCUT2D eigenvalue weighted by Crippen LogP contribution is -2.40. The maximum Gasteiger partial charge on any atom is 0.322 e. The van der Waals surface area contributed by atoms with Gasteiger partial charge in [-0.25, -0.2) is 22.9 Å². The van der Waals surface area contributed by atoms with E-state index in [2.05, 4.69) is 15.0 Å². The van der Waals surface area contributed by atoms with Crippen LogP contribution in [0.15, 0.2) is 23.2 Å². The predicted octanol–water partition coefficient (Wildman–Crippen LogP) is 1.34. The number of nitrogens with zero attached hydrogens (tertiary/aromatic N) is 2. The van der Waals surface area contributed by atoms with E-state index in [0.717, 1.165) is 6.20 Å². The van der Waals surface area contributed by atoms with Crippen molar-refractivity contribution in [3.8, 4) is 0 Å². The van der Waals surface area contributed by atoms with Crippen LogP contribution in [0.25, 0.3) is 0 Å². The zero-order chi connectivity index (χ0) is 19.4. The van der Waals surface area contributed by atoms with Crippen molar-refractivity contribution in [2.75, 3.05) is 18.9 Å². The van der Waals surface area contributed by atoms with Crippen molar-refractivity contribution in [1.29, 1.82) is 0 Å². The van der Waals surface area contributed by atoms with E-state index >= 15 is 0 Å². The molecule has 0 bridgehead atoms. The number of carboxylic acids is 1. The number of carbonyl (C=O) groups excluding carboxylic acids is 1. The number of hydrogen-bond acceptors (Lipinski definition) is 5. The van der Waals surface area contributed by atoms with Crippen LogP contribution in [0, 0.1) is 5.92 Å². The fourth-order valence-corrected chi connectivity index (χ4v) is 3.21. The number of urea groups is 1. The van der Waals surface area contributed by atoms with Crippen LogP contribution in [0.4, 0.5) is 10.6 Å². The summed E-state index contributed by atoms with van der Waals surface area (Å²) in [5, 5.41) is 11.3. The third-order valence-electron chi connectivity index (χ3n) is 3.04. The number of hydrogen-bond donors (Lipinski definition) is 3. The lowest BCUT2D eigenvalue weighted by atomic mass is 10.1. The van der Waals surface area contributed by atoms with Crippen LogP contribution < -0.4 is 10.0 Å². The van der Waals surface area contributed by atoms with Crippen LogP contribution in [0.2, 0.25) is 0 Å². The van der Waals surface area contributed by atoms with E-state index in [1.807, 2.05) is 0 Å². The summed E-state index contributed by atoms with van der Waals surface area (Å²) in [5.41, 5.74) is -0.630. The molecule has 1 atom stereocenters. The zero-order valence-electron chi connectivity index (χ0n) is 14.9. The monoisotopic (exact) mass is 372 g/mol. The van der Waals surface area contributed by atoms with Crippen molar-refractivity contribution >= 4 is 27.8 Å². The molecule has 0 radical (unpaired) electrons. The van der Waals surface area contributed by atoms with E-state index in [9.17, 15) is 18.0 Å². The molecule has 0 aromatic carbocycles. The van der Waals surface area contributed by atoms with Gasteiger partial charge in [-0.3, -0.25) is 10.1 Å². The molecule has 0 saturated heterocycles. The Balaban J connectivity index is 2.77. The molecule has 0 fully saturated rings. The highest BCUT2D eigenvalue weighted by Gasteiger charge is 2.22. The SMILES string of the molecule is CC(CN(C)C(=O)Nc1ccc(S(=O)(=O)NC(C)(C)C)cn1)C(=O)O. The van der Waals surface area contributed by atoms with E-state index in [-0.39, 0.29) is 17.3 Å². The molecule has 1 rings (SSSR count). The highest BCUT2D eigenvalue weighted by Crippen LogP contribution is 2.14. The number of nitrogens with one attached hydrogen (secondary N) is 2. The van der Waals surface area contributed by atoms with Gasteiger partial charge in [-0.15, -0.1) is 0 Å². The van der Waals surface area contributed by atoms with E-state index in [1.165, 1.54) is 31.0 Å². The quantitative estimate of drug-likeness (QED) is 0.691. The summed E-state index contributed by atoms with van der Waals surface area (Å²) in [7, 11) is -2.25. The lowest BCUT2D eigenvalue weighted by Gasteiger charge is -2.21. The summed E-state index contributed by atoms with van der Waals surface area (Å²) in [5.74, 6) is -1.55. The number of anilines is 1. The van der Waals surface area contributed by atoms with Crippen molar-refractivity contribution in [2.24, 2.45) is 5.92 Å². The second kappa shape index (κ2) is 7.79. The number of carbonyl (C=O) groups is 2. The van der Waals surface area contributed by atoms with Crippen LogP contribution >= 0.6 is 0 Å². The van der Waals surface area contributed by atoms with Gasteiger partial charge in [0.15, 0.2) is 0 Å². The highest BCUT2D eigenvalue weighted by molar-refractivity contribution is 7.89.